The predicted octanol–water partition coefficient (Wildman–Crippen LogP) is 19.7. The van der Waals surface area contributed by atoms with Gasteiger partial charge in [0, 0.05) is 32.3 Å². The molecular formula is C78H56BNS. The van der Waals surface area contributed by atoms with E-state index in [0.717, 1.165) is 0 Å². The largest absolute Gasteiger partial charge is 0.310 e. The Kier molecular flexibility index (Phi) is 11.9. The van der Waals surface area contributed by atoms with E-state index in [1.165, 1.54) is 148 Å². The first-order valence-electron chi connectivity index (χ1n) is 28.3. The van der Waals surface area contributed by atoms with Crippen LogP contribution in [0.5, 0.6) is 0 Å². The highest BCUT2D eigenvalue weighted by molar-refractivity contribution is 8.00. The molecule has 13 aromatic rings. The number of fused-ring (bicyclic) bond motifs is 6. The van der Waals surface area contributed by atoms with Gasteiger partial charge in [-0.1, -0.05) is 281 Å². The van der Waals surface area contributed by atoms with Crippen LogP contribution < -0.4 is 21.3 Å². The van der Waals surface area contributed by atoms with E-state index < -0.39 is 0 Å². The molecular weight excluding hydrogens is 994 g/mol. The maximum Gasteiger partial charge on any atom is 0.249 e. The Morgan fingerprint density at radius 3 is 1.26 bits per heavy atom. The Morgan fingerprint density at radius 2 is 0.753 bits per heavy atom. The minimum absolute atomic E-state index is 0.0279. The Labute approximate surface area is 480 Å². The molecule has 0 amide bonds. The van der Waals surface area contributed by atoms with E-state index in [0.29, 0.717) is 0 Å². The van der Waals surface area contributed by atoms with Crippen molar-refractivity contribution >= 4 is 73.5 Å². The quantitative estimate of drug-likeness (QED) is 0.110. The summed E-state index contributed by atoms with van der Waals surface area (Å²) in [4.78, 5) is 5.31. The smallest absolute Gasteiger partial charge is 0.249 e. The molecule has 0 atom stereocenters. The van der Waals surface area contributed by atoms with Gasteiger partial charge in [-0.15, -0.1) is 0 Å². The van der Waals surface area contributed by atoms with Gasteiger partial charge in [-0.2, -0.15) is 0 Å². The van der Waals surface area contributed by atoms with Gasteiger partial charge in [0.2, 0.25) is 6.71 Å². The predicted molar refractivity (Wildman–Crippen MR) is 348 cm³/mol. The van der Waals surface area contributed by atoms with Crippen LogP contribution in [0, 0.1) is 0 Å². The molecule has 1 nitrogen and oxygen atoms in total. The maximum atomic E-state index is 2.68. The van der Waals surface area contributed by atoms with Crippen molar-refractivity contribution in [3.05, 3.63) is 291 Å². The van der Waals surface area contributed by atoms with Crippen LogP contribution in [-0.4, -0.2) is 6.71 Å². The molecule has 15 rings (SSSR count). The molecule has 0 aromatic heterocycles. The van der Waals surface area contributed by atoms with Gasteiger partial charge in [0.15, 0.2) is 0 Å². The molecule has 0 spiro atoms. The fraction of sp³-hybridized carbons (Fsp3) is 0.0513. The SMILES string of the molecule is CC(C)(C)c1cc2c3c(c1)N(c1c(-c4ccccc4)cccc1-c1ccccc1)c1cc(-c4c5ccccc5c(-c5cc(-c6ccccc6)cc(-c6ccccc6)c5)c5ccccc45)ccc1B3c1cc(-c3ccccc3)ccc1S2. The van der Waals surface area contributed by atoms with Crippen molar-refractivity contribution in [1.29, 1.82) is 0 Å². The third-order valence-electron chi connectivity index (χ3n) is 16.8. The summed E-state index contributed by atoms with van der Waals surface area (Å²) in [6, 6.07) is 107. The molecule has 0 radical (unpaired) electrons. The zero-order valence-electron chi connectivity index (χ0n) is 45.6. The van der Waals surface area contributed by atoms with Crippen LogP contribution >= 0.6 is 11.8 Å². The summed E-state index contributed by atoms with van der Waals surface area (Å²) in [5, 5.41) is 4.89. The second-order valence-electron chi connectivity index (χ2n) is 22.7. The van der Waals surface area contributed by atoms with Crippen LogP contribution in [0.15, 0.2) is 295 Å². The number of hydrogen-bond acceptors (Lipinski definition) is 2. The van der Waals surface area contributed by atoms with Gasteiger partial charge in [-0.25, -0.2) is 0 Å². The standard InChI is InChI=1S/C78H56BNS/c1-78(2,3)61-49-71-76-73(50-61)81-72-43-41-56(51-24-9-4-10-25-51)47-69(72)79(76)68-42-40-57(48-70(68)80(71)77-62(54-30-15-7-16-31-54)38-23-39-63(77)55-32-17-8-18-33-55)74-64-34-19-21-36-66(64)75(67-37-22-20-35-65(67)74)60-45-58(52-26-11-5-12-27-52)44-59(46-60)53-28-13-6-14-29-53/h4-50H,1-3H3. The Bertz CT molecular complexity index is 4390. The Balaban J connectivity index is 1.04. The Morgan fingerprint density at radius 1 is 0.309 bits per heavy atom. The highest BCUT2D eigenvalue weighted by atomic mass is 32.2. The average Bonchev–Trinajstić information content (AvgIpc) is 2.33. The molecule has 0 N–H and O–H groups in total. The number of nitrogens with zero attached hydrogens (tertiary/aromatic N) is 1. The summed E-state index contributed by atoms with van der Waals surface area (Å²) in [5.41, 5.74) is 25.6. The lowest BCUT2D eigenvalue weighted by Crippen LogP contribution is -2.60. The molecule has 0 saturated heterocycles. The van der Waals surface area contributed by atoms with Crippen molar-refractivity contribution in [3.8, 4) is 77.9 Å². The van der Waals surface area contributed by atoms with Gasteiger partial charge >= 0.3 is 0 Å². The molecule has 0 bridgehead atoms. The van der Waals surface area contributed by atoms with E-state index in [4.69, 9.17) is 0 Å². The van der Waals surface area contributed by atoms with Crippen molar-refractivity contribution in [2.75, 3.05) is 4.90 Å². The van der Waals surface area contributed by atoms with Crippen LogP contribution in [0.3, 0.4) is 0 Å². The minimum Gasteiger partial charge on any atom is -0.310 e. The van der Waals surface area contributed by atoms with Gasteiger partial charge in [0.1, 0.15) is 0 Å². The fourth-order valence-electron chi connectivity index (χ4n) is 13.0. The number of hydrogen-bond donors (Lipinski definition) is 0. The first-order chi connectivity index (χ1) is 39.8. The second kappa shape index (κ2) is 19.7. The first kappa shape index (κ1) is 48.7. The summed E-state index contributed by atoms with van der Waals surface area (Å²) < 4.78 is 0. The minimum atomic E-state index is -0.129. The van der Waals surface area contributed by atoms with E-state index in [1.807, 2.05) is 11.8 Å². The topological polar surface area (TPSA) is 3.24 Å². The molecule has 81 heavy (non-hydrogen) atoms. The summed E-state index contributed by atoms with van der Waals surface area (Å²) in [6.45, 7) is 7.05. The first-order valence-corrected chi connectivity index (χ1v) is 29.1. The van der Waals surface area contributed by atoms with Gasteiger partial charge in [0.05, 0.1) is 5.69 Å². The summed E-state index contributed by atoms with van der Waals surface area (Å²) >= 11 is 1.93. The van der Waals surface area contributed by atoms with Crippen LogP contribution in [-0.2, 0) is 5.41 Å². The molecule has 382 valence electrons. The van der Waals surface area contributed by atoms with E-state index in [1.54, 1.807) is 0 Å². The molecule has 0 unspecified atom stereocenters. The fourth-order valence-corrected chi connectivity index (χ4v) is 14.2. The summed E-state index contributed by atoms with van der Waals surface area (Å²) in [5.74, 6) is 0. The van der Waals surface area contributed by atoms with Crippen LogP contribution in [0.1, 0.15) is 26.3 Å². The van der Waals surface area contributed by atoms with E-state index in [-0.39, 0.29) is 12.1 Å². The van der Waals surface area contributed by atoms with Crippen LogP contribution in [0.4, 0.5) is 17.1 Å². The van der Waals surface area contributed by atoms with Crippen LogP contribution in [0.25, 0.3) is 99.4 Å². The van der Waals surface area contributed by atoms with Crippen molar-refractivity contribution in [3.63, 3.8) is 0 Å². The molecule has 0 saturated carbocycles. The Hall–Kier alpha value is -9.41. The van der Waals surface area contributed by atoms with Crippen molar-refractivity contribution in [2.45, 2.75) is 36.0 Å². The third-order valence-corrected chi connectivity index (χ3v) is 18.0. The highest BCUT2D eigenvalue weighted by Gasteiger charge is 2.43. The molecule has 0 aliphatic carbocycles. The molecule has 13 aromatic carbocycles. The van der Waals surface area contributed by atoms with Gasteiger partial charge in [-0.05, 0) is 153 Å². The van der Waals surface area contributed by atoms with Crippen molar-refractivity contribution < 1.29 is 0 Å². The number of anilines is 3. The van der Waals surface area contributed by atoms with Crippen molar-refractivity contribution in [1.82, 2.24) is 0 Å². The zero-order chi connectivity index (χ0) is 54.2. The molecule has 0 fully saturated rings. The number of benzene rings is 13. The second-order valence-corrected chi connectivity index (χ2v) is 23.8. The molecule has 2 aliphatic rings. The third kappa shape index (κ3) is 8.42. The van der Waals surface area contributed by atoms with Gasteiger partial charge in [0.25, 0.3) is 0 Å². The molecule has 3 heteroatoms. The normalized spacial score (nSPS) is 12.5. The lowest BCUT2D eigenvalue weighted by atomic mass is 9.34. The zero-order valence-corrected chi connectivity index (χ0v) is 46.4. The number of rotatable bonds is 8. The highest BCUT2D eigenvalue weighted by Crippen LogP contribution is 2.52. The molecule has 2 heterocycles. The number of para-hydroxylation sites is 1. The summed E-state index contributed by atoms with van der Waals surface area (Å²) in [7, 11) is 0. The summed E-state index contributed by atoms with van der Waals surface area (Å²) in [6.07, 6.45) is 0. The maximum absolute atomic E-state index is 2.68. The van der Waals surface area contributed by atoms with Gasteiger partial charge in [-0.3, -0.25) is 0 Å². The van der Waals surface area contributed by atoms with Gasteiger partial charge < -0.3 is 4.90 Å². The van der Waals surface area contributed by atoms with E-state index in [9.17, 15) is 0 Å². The lowest BCUT2D eigenvalue weighted by Gasteiger charge is -2.43. The van der Waals surface area contributed by atoms with E-state index >= 15 is 0 Å². The van der Waals surface area contributed by atoms with Crippen molar-refractivity contribution in [2.24, 2.45) is 0 Å². The molecule has 2 aliphatic heterocycles. The monoisotopic (exact) mass is 1050 g/mol. The van der Waals surface area contributed by atoms with Crippen LogP contribution in [0.2, 0.25) is 0 Å². The van der Waals surface area contributed by atoms with E-state index in [2.05, 4.69) is 311 Å². The lowest BCUT2D eigenvalue weighted by molar-refractivity contribution is 0.589. The average molecular weight is 1050 g/mol.